The van der Waals surface area contributed by atoms with Crippen molar-refractivity contribution < 1.29 is 9.59 Å². The van der Waals surface area contributed by atoms with Gasteiger partial charge in [-0.15, -0.1) is 0 Å². The molecular weight excluding hydrogens is 328 g/mol. The van der Waals surface area contributed by atoms with Gasteiger partial charge in [0.2, 0.25) is 5.91 Å². The highest BCUT2D eigenvalue weighted by molar-refractivity contribution is 6.03. The van der Waals surface area contributed by atoms with Crippen LogP contribution in [0.3, 0.4) is 0 Å². The number of anilines is 2. The molecule has 0 aromatic carbocycles. The number of nitrogens with zero attached hydrogens (tertiary/aromatic N) is 2. The predicted octanol–water partition coefficient (Wildman–Crippen LogP) is 3.28. The normalized spacial score (nSPS) is 16.7. The van der Waals surface area contributed by atoms with Crippen LogP contribution in [-0.2, 0) is 9.59 Å². The summed E-state index contributed by atoms with van der Waals surface area (Å²) in [5, 5.41) is 5.63. The van der Waals surface area contributed by atoms with Gasteiger partial charge < -0.3 is 10.6 Å². The van der Waals surface area contributed by atoms with Crippen LogP contribution >= 0.6 is 0 Å². The summed E-state index contributed by atoms with van der Waals surface area (Å²) in [6.07, 6.45) is 10.6. The molecule has 0 radical (unpaired) electrons. The molecule has 2 rings (SSSR count). The Hall–Kier alpha value is -2.47. The highest BCUT2D eigenvalue weighted by Crippen LogP contribution is 2.18. The summed E-state index contributed by atoms with van der Waals surface area (Å²) in [6.45, 7) is 9.12. The quantitative estimate of drug-likeness (QED) is 0.627. The molecule has 1 aliphatic rings. The van der Waals surface area contributed by atoms with Gasteiger partial charge in [-0.2, -0.15) is 0 Å². The summed E-state index contributed by atoms with van der Waals surface area (Å²) >= 11 is 0. The van der Waals surface area contributed by atoms with E-state index in [0.29, 0.717) is 29.2 Å². The zero-order chi connectivity index (χ0) is 18.9. The molecule has 6 heteroatoms. The first-order valence-electron chi connectivity index (χ1n) is 9.06. The van der Waals surface area contributed by atoms with Gasteiger partial charge in [-0.25, -0.2) is 0 Å². The maximum atomic E-state index is 12.4. The Kier molecular flexibility index (Phi) is 7.53. The average molecular weight is 356 g/mol. The van der Waals surface area contributed by atoms with Crippen molar-refractivity contribution in [1.82, 2.24) is 9.88 Å². The lowest BCUT2D eigenvalue weighted by atomic mass is 10.2. The molecule has 2 N–H and O–H groups in total. The van der Waals surface area contributed by atoms with E-state index in [1.165, 1.54) is 12.8 Å². The summed E-state index contributed by atoms with van der Waals surface area (Å²) < 4.78 is 0. The fraction of sp³-hybridized carbons (Fsp3) is 0.450. The van der Waals surface area contributed by atoms with E-state index in [1.807, 2.05) is 0 Å². The van der Waals surface area contributed by atoms with Crippen LogP contribution in [0, 0.1) is 6.92 Å². The highest BCUT2D eigenvalue weighted by Gasteiger charge is 2.12. The number of hydrogen-bond donors (Lipinski definition) is 2. The average Bonchev–Trinajstić information content (AvgIpc) is 2.71. The lowest BCUT2D eigenvalue weighted by molar-refractivity contribution is -0.117. The van der Waals surface area contributed by atoms with Gasteiger partial charge in [-0.05, 0) is 45.7 Å². The van der Waals surface area contributed by atoms with Crippen molar-refractivity contribution in [3.05, 3.63) is 42.3 Å². The molecular formula is C20H28N4O2. The van der Waals surface area contributed by atoms with Gasteiger partial charge >= 0.3 is 0 Å². The number of hydrogen-bond acceptors (Lipinski definition) is 4. The van der Waals surface area contributed by atoms with Crippen LogP contribution in [0.15, 0.2) is 36.6 Å². The number of allylic oxidation sites excluding steroid dienone is 1. The molecule has 1 aromatic rings. The number of carbonyl (C=O) groups is 2. The number of rotatable bonds is 5. The fourth-order valence-electron chi connectivity index (χ4n) is 2.71. The molecule has 1 aromatic heterocycles. The summed E-state index contributed by atoms with van der Waals surface area (Å²) in [4.78, 5) is 30.6. The predicted molar refractivity (Wildman–Crippen MR) is 105 cm³/mol. The van der Waals surface area contributed by atoms with Crippen LogP contribution in [-0.4, -0.2) is 41.3 Å². The van der Waals surface area contributed by atoms with E-state index in [1.54, 1.807) is 26.1 Å². The van der Waals surface area contributed by atoms with Crippen LogP contribution in [0.25, 0.3) is 0 Å². The number of aromatic nitrogens is 1. The Morgan fingerprint density at radius 3 is 2.81 bits per heavy atom. The topological polar surface area (TPSA) is 74.3 Å². The Balaban J connectivity index is 1.97. The molecule has 0 fully saturated rings. The summed E-state index contributed by atoms with van der Waals surface area (Å²) in [5.41, 5.74) is 2.24. The van der Waals surface area contributed by atoms with Gasteiger partial charge in [0.15, 0.2) is 0 Å². The minimum Gasteiger partial charge on any atom is -0.324 e. The maximum Gasteiger partial charge on any atom is 0.250 e. The molecule has 0 atom stereocenters. The molecule has 0 saturated carbocycles. The van der Waals surface area contributed by atoms with Gasteiger partial charge in [-0.3, -0.25) is 19.5 Å². The second-order valence-corrected chi connectivity index (χ2v) is 6.70. The Morgan fingerprint density at radius 1 is 1.23 bits per heavy atom. The van der Waals surface area contributed by atoms with Crippen molar-refractivity contribution >= 4 is 23.2 Å². The minimum absolute atomic E-state index is 0.0829. The van der Waals surface area contributed by atoms with E-state index in [0.717, 1.165) is 25.9 Å². The Morgan fingerprint density at radius 2 is 2.04 bits per heavy atom. The zero-order valence-corrected chi connectivity index (χ0v) is 15.7. The number of aryl methyl sites for hydroxylation is 1. The Labute approximate surface area is 155 Å². The van der Waals surface area contributed by atoms with E-state index in [4.69, 9.17) is 0 Å². The first kappa shape index (κ1) is 19.8. The molecule has 0 saturated heterocycles. The number of amides is 2. The number of carbonyl (C=O) groups excluding carboxylic acids is 2. The van der Waals surface area contributed by atoms with Crippen molar-refractivity contribution in [2.24, 2.45) is 0 Å². The number of nitrogens with one attached hydrogen (secondary N) is 2. The van der Waals surface area contributed by atoms with Crippen molar-refractivity contribution in [2.45, 2.75) is 39.5 Å². The summed E-state index contributed by atoms with van der Waals surface area (Å²) in [6, 6.07) is 1.72. The van der Waals surface area contributed by atoms with E-state index in [-0.39, 0.29) is 11.8 Å². The molecule has 26 heavy (non-hydrogen) atoms. The monoisotopic (exact) mass is 356 g/mol. The van der Waals surface area contributed by atoms with E-state index in [2.05, 4.69) is 39.2 Å². The molecule has 2 heterocycles. The van der Waals surface area contributed by atoms with Crippen molar-refractivity contribution in [3.63, 3.8) is 0 Å². The van der Waals surface area contributed by atoms with Crippen molar-refractivity contribution in [2.75, 3.05) is 30.3 Å². The van der Waals surface area contributed by atoms with Gasteiger partial charge in [0, 0.05) is 12.1 Å². The molecule has 0 unspecified atom stereocenters. The van der Waals surface area contributed by atoms with Crippen LogP contribution in [0.4, 0.5) is 11.4 Å². The van der Waals surface area contributed by atoms with Gasteiger partial charge in [-0.1, -0.05) is 25.2 Å². The van der Waals surface area contributed by atoms with Crippen LogP contribution in [0.2, 0.25) is 0 Å². The van der Waals surface area contributed by atoms with Gasteiger partial charge in [0.1, 0.15) is 0 Å². The molecule has 140 valence electrons. The smallest absolute Gasteiger partial charge is 0.250 e. The number of pyridine rings is 1. The third-order valence-corrected chi connectivity index (χ3v) is 4.25. The van der Waals surface area contributed by atoms with Gasteiger partial charge in [0.25, 0.3) is 5.91 Å². The largest absolute Gasteiger partial charge is 0.324 e. The first-order chi connectivity index (χ1) is 12.5. The summed E-state index contributed by atoms with van der Waals surface area (Å²) in [7, 11) is 0. The molecule has 1 aliphatic heterocycles. The lowest BCUT2D eigenvalue weighted by Gasteiger charge is -2.19. The maximum absolute atomic E-state index is 12.4. The standard InChI is InChI=1S/C20H28N4O2/c1-15(2)20(26)23-18-12-17(13-21-16(18)3)22-19(25)14-24-10-8-6-4-5-7-9-11-24/h6,8,12-13H,1,4-5,7,9-11,14H2,2-3H3,(H,22,25)(H,23,26)/b8-6-. The minimum atomic E-state index is -0.262. The van der Waals surface area contributed by atoms with Crippen LogP contribution in [0.1, 0.15) is 38.3 Å². The van der Waals surface area contributed by atoms with Gasteiger partial charge in [0.05, 0.1) is 29.8 Å². The zero-order valence-electron chi connectivity index (χ0n) is 15.7. The highest BCUT2D eigenvalue weighted by atomic mass is 16.2. The van der Waals surface area contributed by atoms with Crippen LogP contribution < -0.4 is 10.6 Å². The Bertz CT molecular complexity index is 697. The molecule has 0 spiro atoms. The third-order valence-electron chi connectivity index (χ3n) is 4.25. The van der Waals surface area contributed by atoms with E-state index < -0.39 is 0 Å². The second kappa shape index (κ2) is 9.87. The van der Waals surface area contributed by atoms with Crippen molar-refractivity contribution in [3.8, 4) is 0 Å². The third kappa shape index (κ3) is 6.44. The molecule has 6 nitrogen and oxygen atoms in total. The lowest BCUT2D eigenvalue weighted by Crippen LogP contribution is -2.34. The van der Waals surface area contributed by atoms with E-state index >= 15 is 0 Å². The fourth-order valence-corrected chi connectivity index (χ4v) is 2.71. The van der Waals surface area contributed by atoms with Crippen molar-refractivity contribution in [1.29, 1.82) is 0 Å². The van der Waals surface area contributed by atoms with Crippen LogP contribution in [0.5, 0.6) is 0 Å². The van der Waals surface area contributed by atoms with E-state index in [9.17, 15) is 9.59 Å². The second-order valence-electron chi connectivity index (χ2n) is 6.70. The first-order valence-corrected chi connectivity index (χ1v) is 9.06. The molecule has 0 aliphatic carbocycles. The SMILES string of the molecule is C=C(C)C(=O)Nc1cc(NC(=O)CN2C/C=C\CCCCC2)cnc1C. The summed E-state index contributed by atoms with van der Waals surface area (Å²) in [5.74, 6) is -0.345. The molecule has 2 amide bonds. The molecule has 0 bridgehead atoms.